The van der Waals surface area contributed by atoms with Gasteiger partial charge in [0.2, 0.25) is 47.3 Å². The number of guanidine groups is 1. The maximum atomic E-state index is 13.9. The van der Waals surface area contributed by atoms with Crippen LogP contribution in [0.4, 0.5) is 0 Å². The Morgan fingerprint density at radius 2 is 1.22 bits per heavy atom. The Kier molecular flexibility index (Phi) is 24.8. The van der Waals surface area contributed by atoms with E-state index in [0.29, 0.717) is 6.42 Å². The lowest BCUT2D eigenvalue weighted by Gasteiger charge is -2.30. The lowest BCUT2D eigenvalue weighted by Crippen LogP contribution is -2.62. The molecule has 8 amide bonds. The van der Waals surface area contributed by atoms with Crippen molar-refractivity contribution in [1.29, 1.82) is 5.41 Å². The number of carbonyl (C=O) groups excluding carboxylic acids is 8. The van der Waals surface area contributed by atoms with Gasteiger partial charge < -0.3 is 69.1 Å². The second-order valence-corrected chi connectivity index (χ2v) is 18.0. The molecule has 10 atom stereocenters. The van der Waals surface area contributed by atoms with Crippen LogP contribution in [-0.4, -0.2) is 154 Å². The minimum absolute atomic E-state index is 0.0490. The van der Waals surface area contributed by atoms with Crippen LogP contribution in [0.5, 0.6) is 0 Å². The lowest BCUT2D eigenvalue weighted by atomic mass is 10.0. The van der Waals surface area contributed by atoms with Gasteiger partial charge in [0.15, 0.2) is 5.96 Å². The number of carbonyl (C=O) groups is 9. The van der Waals surface area contributed by atoms with E-state index in [0.717, 1.165) is 0 Å². The molecule has 1 rings (SSSR count). The predicted octanol–water partition coefficient (Wildman–Crippen LogP) is -2.86. The molecule has 0 spiro atoms. The topological polar surface area (TPSA) is 369 Å². The summed E-state index contributed by atoms with van der Waals surface area (Å²) in [5.74, 6) is -8.25. The van der Waals surface area contributed by atoms with Crippen LogP contribution in [0.3, 0.4) is 0 Å². The van der Waals surface area contributed by atoms with Gasteiger partial charge >= 0.3 is 5.97 Å². The molecule has 370 valence electrons. The standard InChI is InChI=1S/C41H74N12O11S/c1-19(2)16-26(34(57)51-28(18-65)35(58)50-27(40(63)64)17-20(3)4)49-38(61)31(24(9)54)52-33(56)25(12-10-14-45-41(43)44)48-36(59)29-13-11-15-53(29)39(62)23(8)47-32(55)22(7)46-37(60)30(42)21(5)6/h19-31,54,65H,10-18,42H2,1-9H3,(H,46,60)(H,47,55)(H,48,59)(H,49,61)(H,50,58)(H,51,57)(H,52,56)(H,63,64)(H4,43,44,45)/t22-,23-,24+,25-,26-,27-,28-,29-,30-,31-/m0/s1. The predicted molar refractivity (Wildman–Crippen MR) is 244 cm³/mol. The van der Waals surface area contributed by atoms with Crippen molar-refractivity contribution >= 4 is 71.8 Å². The fourth-order valence-corrected chi connectivity index (χ4v) is 7.01. The number of carboxylic acid groups (broad SMARTS) is 1. The van der Waals surface area contributed by atoms with E-state index in [1.54, 1.807) is 41.5 Å². The summed E-state index contributed by atoms with van der Waals surface area (Å²) in [5, 5.41) is 48.0. The van der Waals surface area contributed by atoms with Gasteiger partial charge in [-0.25, -0.2) is 4.79 Å². The van der Waals surface area contributed by atoms with Gasteiger partial charge in [0.1, 0.15) is 48.3 Å². The molecule has 1 heterocycles. The van der Waals surface area contributed by atoms with Crippen molar-refractivity contribution in [3.05, 3.63) is 0 Å². The van der Waals surface area contributed by atoms with Crippen molar-refractivity contribution < 1.29 is 53.4 Å². The van der Waals surface area contributed by atoms with Gasteiger partial charge in [0.05, 0.1) is 12.1 Å². The highest BCUT2D eigenvalue weighted by atomic mass is 32.1. The van der Waals surface area contributed by atoms with Crippen LogP contribution < -0.4 is 54.0 Å². The first-order valence-corrected chi connectivity index (χ1v) is 22.6. The van der Waals surface area contributed by atoms with E-state index in [2.05, 4.69) is 55.2 Å². The third kappa shape index (κ3) is 19.8. The molecule has 0 aromatic carbocycles. The fraction of sp³-hybridized carbons (Fsp3) is 0.756. The quantitative estimate of drug-likeness (QED) is 0.0171. The van der Waals surface area contributed by atoms with Crippen LogP contribution >= 0.6 is 12.6 Å². The van der Waals surface area contributed by atoms with E-state index in [1.807, 2.05) is 0 Å². The summed E-state index contributed by atoms with van der Waals surface area (Å²) in [6.07, 6.45) is -0.613. The first kappa shape index (κ1) is 57.8. The highest BCUT2D eigenvalue weighted by Gasteiger charge is 2.39. The van der Waals surface area contributed by atoms with Crippen molar-refractivity contribution in [3.63, 3.8) is 0 Å². The highest BCUT2D eigenvalue weighted by Crippen LogP contribution is 2.19. The van der Waals surface area contributed by atoms with Crippen molar-refractivity contribution in [2.45, 2.75) is 161 Å². The number of hydrogen-bond acceptors (Lipinski definition) is 13. The fourth-order valence-electron chi connectivity index (χ4n) is 6.75. The molecule has 1 aliphatic rings. The zero-order valence-corrected chi connectivity index (χ0v) is 39.9. The van der Waals surface area contributed by atoms with Crippen LogP contribution in [0.25, 0.3) is 0 Å². The molecule has 0 unspecified atom stereocenters. The minimum atomic E-state index is -1.67. The lowest BCUT2D eigenvalue weighted by molar-refractivity contribution is -0.142. The molecule has 1 aliphatic heterocycles. The van der Waals surface area contributed by atoms with Gasteiger partial charge in [0, 0.05) is 18.8 Å². The molecule has 0 bridgehead atoms. The van der Waals surface area contributed by atoms with Gasteiger partial charge in [-0.1, -0.05) is 41.5 Å². The van der Waals surface area contributed by atoms with Crippen LogP contribution in [-0.2, 0) is 43.2 Å². The van der Waals surface area contributed by atoms with E-state index in [1.165, 1.54) is 25.7 Å². The Balaban J connectivity index is 3.24. The number of rotatable bonds is 27. The van der Waals surface area contributed by atoms with E-state index >= 15 is 0 Å². The van der Waals surface area contributed by atoms with E-state index in [9.17, 15) is 53.4 Å². The Bertz CT molecular complexity index is 1680. The van der Waals surface area contributed by atoms with E-state index < -0.39 is 114 Å². The maximum Gasteiger partial charge on any atom is 0.326 e. The van der Waals surface area contributed by atoms with Crippen LogP contribution in [0.1, 0.15) is 101 Å². The molecule has 24 heteroatoms. The second-order valence-electron chi connectivity index (χ2n) is 17.7. The van der Waals surface area contributed by atoms with Crippen LogP contribution in [0.15, 0.2) is 0 Å². The summed E-state index contributed by atoms with van der Waals surface area (Å²) in [6, 6.07) is -10.9. The molecular formula is C41H74N12O11S. The number of nitrogens with two attached hydrogens (primary N) is 2. The molecule has 0 aliphatic carbocycles. The minimum Gasteiger partial charge on any atom is -0.480 e. The summed E-state index contributed by atoms with van der Waals surface area (Å²) in [5.41, 5.74) is 11.3. The number of nitrogens with one attached hydrogen (secondary N) is 9. The second kappa shape index (κ2) is 28.0. The maximum absolute atomic E-state index is 13.9. The normalized spacial score (nSPS) is 17.8. The summed E-state index contributed by atoms with van der Waals surface area (Å²) >= 11 is 4.16. The zero-order chi connectivity index (χ0) is 49.9. The van der Waals surface area contributed by atoms with Gasteiger partial charge in [0.25, 0.3) is 0 Å². The third-order valence-corrected chi connectivity index (χ3v) is 10.9. The Morgan fingerprint density at radius 1 is 0.692 bits per heavy atom. The van der Waals surface area contributed by atoms with Gasteiger partial charge in [-0.3, -0.25) is 43.8 Å². The Labute approximate surface area is 386 Å². The van der Waals surface area contributed by atoms with Crippen LogP contribution in [0, 0.1) is 23.2 Å². The molecule has 0 saturated carbocycles. The number of nitrogens with zero attached hydrogens (tertiary/aromatic N) is 1. The molecule has 0 aromatic heterocycles. The number of aliphatic hydroxyl groups is 1. The molecule has 23 nitrogen and oxygen atoms in total. The first-order chi connectivity index (χ1) is 30.2. The summed E-state index contributed by atoms with van der Waals surface area (Å²) in [7, 11) is 0. The largest absolute Gasteiger partial charge is 0.480 e. The SMILES string of the molecule is CC(C)C[C@H](NC(=O)[C@H](CS)NC(=O)[C@H](CC(C)C)NC(=O)[C@@H](NC(=O)[C@H](CCCNC(=N)N)NC(=O)[C@@H]1CCCN1C(=O)[C@H](C)NC(=O)[C@H](C)NC(=O)[C@@H](N)C(C)C)[C@@H](C)O)C(=O)O. The van der Waals surface area contributed by atoms with E-state index in [-0.39, 0.29) is 74.7 Å². The molecule has 1 saturated heterocycles. The molecule has 1 fully saturated rings. The van der Waals surface area contributed by atoms with Gasteiger partial charge in [-0.05, 0) is 77.0 Å². The molecule has 15 N–H and O–H groups in total. The average Bonchev–Trinajstić information content (AvgIpc) is 3.71. The van der Waals surface area contributed by atoms with E-state index in [4.69, 9.17) is 16.9 Å². The van der Waals surface area contributed by atoms with Crippen LogP contribution in [0.2, 0.25) is 0 Å². The zero-order valence-electron chi connectivity index (χ0n) is 39.0. The van der Waals surface area contributed by atoms with Crippen molar-refractivity contribution in [3.8, 4) is 0 Å². The Hall–Kier alpha value is -5.23. The number of likely N-dealkylation sites (tertiary alicyclic amines) is 1. The van der Waals surface area contributed by atoms with Gasteiger partial charge in [-0.2, -0.15) is 12.6 Å². The van der Waals surface area contributed by atoms with Crippen molar-refractivity contribution in [1.82, 2.24) is 47.4 Å². The highest BCUT2D eigenvalue weighted by molar-refractivity contribution is 7.80. The molecular weight excluding hydrogens is 869 g/mol. The number of thiol groups is 1. The average molecular weight is 943 g/mol. The molecule has 65 heavy (non-hydrogen) atoms. The smallest absolute Gasteiger partial charge is 0.326 e. The van der Waals surface area contributed by atoms with Crippen molar-refractivity contribution in [2.24, 2.45) is 29.2 Å². The summed E-state index contributed by atoms with van der Waals surface area (Å²) in [4.78, 5) is 120. The van der Waals surface area contributed by atoms with Crippen molar-refractivity contribution in [2.75, 3.05) is 18.8 Å². The number of carboxylic acids is 1. The molecule has 0 aromatic rings. The number of hydrogen-bond donors (Lipinski definition) is 14. The molecule has 0 radical (unpaired) electrons. The Morgan fingerprint density at radius 3 is 1.74 bits per heavy atom. The third-order valence-electron chi connectivity index (χ3n) is 10.5. The first-order valence-electron chi connectivity index (χ1n) is 22.0. The monoisotopic (exact) mass is 943 g/mol. The summed E-state index contributed by atoms with van der Waals surface area (Å²) < 4.78 is 0. The van der Waals surface area contributed by atoms with Gasteiger partial charge in [-0.15, -0.1) is 0 Å². The number of aliphatic hydroxyl groups excluding tert-OH is 1. The number of aliphatic carboxylic acids is 1. The number of amides is 8. The summed E-state index contributed by atoms with van der Waals surface area (Å²) in [6.45, 7) is 15.0.